The third-order valence-corrected chi connectivity index (χ3v) is 3.88. The molecule has 1 aromatic rings. The zero-order valence-electron chi connectivity index (χ0n) is 12.4. The lowest BCUT2D eigenvalue weighted by Gasteiger charge is -2.17. The molecule has 0 saturated carbocycles. The average molecular weight is 264 g/mol. The summed E-state index contributed by atoms with van der Waals surface area (Å²) in [5, 5.41) is 3.56. The molecule has 108 valence electrons. The van der Waals surface area contributed by atoms with Crippen LogP contribution in [0.4, 0.5) is 0 Å². The molecule has 4 nitrogen and oxygen atoms in total. The van der Waals surface area contributed by atoms with Gasteiger partial charge in [-0.1, -0.05) is 13.8 Å². The second-order valence-electron chi connectivity index (χ2n) is 6.03. The normalized spacial score (nSPS) is 20.5. The maximum absolute atomic E-state index is 4.07. The second-order valence-corrected chi connectivity index (χ2v) is 6.03. The standard InChI is InChI=1S/C15H28N4/c1-14(2)17-11-15-5-9-18(12-15)7-3-4-8-19-10-6-16-13-19/h6,10,13-15,17H,3-5,7-9,11-12H2,1-2H3. The van der Waals surface area contributed by atoms with Gasteiger partial charge in [0.25, 0.3) is 0 Å². The second kappa shape index (κ2) is 7.65. The first kappa shape index (κ1) is 14.5. The van der Waals surface area contributed by atoms with Gasteiger partial charge >= 0.3 is 0 Å². The van der Waals surface area contributed by atoms with E-state index >= 15 is 0 Å². The molecule has 4 heteroatoms. The number of unbranched alkanes of at least 4 members (excludes halogenated alkanes) is 1. The van der Waals surface area contributed by atoms with E-state index in [2.05, 4.69) is 33.6 Å². The fourth-order valence-corrected chi connectivity index (χ4v) is 2.73. The summed E-state index contributed by atoms with van der Waals surface area (Å²) < 4.78 is 2.17. The summed E-state index contributed by atoms with van der Waals surface area (Å²) in [5.41, 5.74) is 0. The number of aromatic nitrogens is 2. The van der Waals surface area contributed by atoms with E-state index in [1.165, 1.54) is 45.4 Å². The van der Waals surface area contributed by atoms with E-state index in [4.69, 9.17) is 0 Å². The van der Waals surface area contributed by atoms with Gasteiger partial charge in [-0.2, -0.15) is 0 Å². The Morgan fingerprint density at radius 2 is 2.16 bits per heavy atom. The highest BCUT2D eigenvalue weighted by Gasteiger charge is 2.21. The highest BCUT2D eigenvalue weighted by molar-refractivity contribution is 4.78. The number of nitrogens with one attached hydrogen (secondary N) is 1. The molecule has 1 aliphatic heterocycles. The first-order chi connectivity index (χ1) is 9.24. The van der Waals surface area contributed by atoms with Crippen molar-refractivity contribution >= 4 is 0 Å². The summed E-state index contributed by atoms with van der Waals surface area (Å²) in [6.45, 7) is 10.6. The van der Waals surface area contributed by atoms with Crippen molar-refractivity contribution in [3.63, 3.8) is 0 Å². The van der Waals surface area contributed by atoms with Crippen molar-refractivity contribution in [3.05, 3.63) is 18.7 Å². The number of likely N-dealkylation sites (tertiary alicyclic amines) is 1. The van der Waals surface area contributed by atoms with Crippen LogP contribution < -0.4 is 5.32 Å². The average Bonchev–Trinajstić information content (AvgIpc) is 3.04. The van der Waals surface area contributed by atoms with Crippen molar-refractivity contribution in [2.24, 2.45) is 5.92 Å². The molecule has 1 saturated heterocycles. The Morgan fingerprint density at radius 3 is 2.89 bits per heavy atom. The Morgan fingerprint density at radius 1 is 1.32 bits per heavy atom. The molecule has 1 aromatic heterocycles. The fraction of sp³-hybridized carbons (Fsp3) is 0.800. The highest BCUT2D eigenvalue weighted by Crippen LogP contribution is 2.16. The predicted octanol–water partition coefficient (Wildman–Crippen LogP) is 1.98. The molecular formula is C15H28N4. The van der Waals surface area contributed by atoms with Crippen LogP contribution in [0, 0.1) is 5.92 Å². The molecular weight excluding hydrogens is 236 g/mol. The predicted molar refractivity (Wildman–Crippen MR) is 79.1 cm³/mol. The minimum absolute atomic E-state index is 0.615. The number of hydrogen-bond donors (Lipinski definition) is 1. The van der Waals surface area contributed by atoms with Crippen LogP contribution in [-0.4, -0.2) is 46.7 Å². The molecule has 0 aliphatic carbocycles. The monoisotopic (exact) mass is 264 g/mol. The van der Waals surface area contributed by atoms with E-state index in [1.807, 2.05) is 18.7 Å². The molecule has 0 spiro atoms. The Kier molecular flexibility index (Phi) is 5.86. The van der Waals surface area contributed by atoms with Crippen LogP contribution in [0.15, 0.2) is 18.7 Å². The van der Waals surface area contributed by atoms with Crippen LogP contribution in [0.5, 0.6) is 0 Å². The van der Waals surface area contributed by atoms with Gasteiger partial charge < -0.3 is 14.8 Å². The quantitative estimate of drug-likeness (QED) is 0.729. The van der Waals surface area contributed by atoms with Crippen LogP contribution in [0.25, 0.3) is 0 Å². The molecule has 1 N–H and O–H groups in total. The van der Waals surface area contributed by atoms with Gasteiger partial charge in [-0.3, -0.25) is 0 Å². The number of imidazole rings is 1. The van der Waals surface area contributed by atoms with Crippen LogP contribution in [0.2, 0.25) is 0 Å². The molecule has 19 heavy (non-hydrogen) atoms. The minimum atomic E-state index is 0.615. The number of nitrogens with zero attached hydrogens (tertiary/aromatic N) is 3. The first-order valence-corrected chi connectivity index (χ1v) is 7.65. The van der Waals surface area contributed by atoms with Gasteiger partial charge in [0.15, 0.2) is 0 Å². The van der Waals surface area contributed by atoms with Crippen LogP contribution in [0.1, 0.15) is 33.1 Å². The Balaban J connectivity index is 1.53. The highest BCUT2D eigenvalue weighted by atomic mass is 15.1. The summed E-state index contributed by atoms with van der Waals surface area (Å²) in [7, 11) is 0. The van der Waals surface area contributed by atoms with E-state index in [0.717, 1.165) is 12.5 Å². The maximum Gasteiger partial charge on any atom is 0.0945 e. The van der Waals surface area contributed by atoms with Gasteiger partial charge in [-0.25, -0.2) is 4.98 Å². The van der Waals surface area contributed by atoms with Crippen molar-refractivity contribution in [2.45, 2.75) is 45.7 Å². The molecule has 1 unspecified atom stereocenters. The van der Waals surface area contributed by atoms with Gasteiger partial charge in [-0.05, 0) is 44.8 Å². The Bertz CT molecular complexity index is 334. The number of hydrogen-bond acceptors (Lipinski definition) is 3. The minimum Gasteiger partial charge on any atom is -0.337 e. The summed E-state index contributed by atoms with van der Waals surface area (Å²) in [6, 6.07) is 0.615. The summed E-state index contributed by atoms with van der Waals surface area (Å²) in [4.78, 5) is 6.69. The Labute approximate surface area is 117 Å². The number of rotatable bonds is 8. The Hall–Kier alpha value is -0.870. The topological polar surface area (TPSA) is 33.1 Å². The van der Waals surface area contributed by atoms with E-state index in [0.29, 0.717) is 6.04 Å². The van der Waals surface area contributed by atoms with Crippen LogP contribution >= 0.6 is 0 Å². The number of aryl methyl sites for hydroxylation is 1. The lowest BCUT2D eigenvalue weighted by Crippen LogP contribution is -2.31. The first-order valence-electron chi connectivity index (χ1n) is 7.65. The lowest BCUT2D eigenvalue weighted by atomic mass is 10.1. The zero-order valence-corrected chi connectivity index (χ0v) is 12.4. The smallest absolute Gasteiger partial charge is 0.0945 e. The van der Waals surface area contributed by atoms with Gasteiger partial charge in [0.1, 0.15) is 0 Å². The molecule has 0 bridgehead atoms. The maximum atomic E-state index is 4.07. The van der Waals surface area contributed by atoms with E-state index in [-0.39, 0.29) is 0 Å². The van der Waals surface area contributed by atoms with Gasteiger partial charge in [0, 0.05) is 31.5 Å². The van der Waals surface area contributed by atoms with Gasteiger partial charge in [0.05, 0.1) is 6.33 Å². The van der Waals surface area contributed by atoms with Crippen molar-refractivity contribution in [1.82, 2.24) is 19.8 Å². The van der Waals surface area contributed by atoms with Crippen molar-refractivity contribution < 1.29 is 0 Å². The van der Waals surface area contributed by atoms with E-state index in [9.17, 15) is 0 Å². The summed E-state index contributed by atoms with van der Waals surface area (Å²) >= 11 is 0. The van der Waals surface area contributed by atoms with E-state index in [1.54, 1.807) is 0 Å². The van der Waals surface area contributed by atoms with E-state index < -0.39 is 0 Å². The summed E-state index contributed by atoms with van der Waals surface area (Å²) in [6.07, 6.45) is 9.71. The van der Waals surface area contributed by atoms with Crippen molar-refractivity contribution in [2.75, 3.05) is 26.2 Å². The largest absolute Gasteiger partial charge is 0.337 e. The van der Waals surface area contributed by atoms with Gasteiger partial charge in [0.2, 0.25) is 0 Å². The van der Waals surface area contributed by atoms with Crippen molar-refractivity contribution in [1.29, 1.82) is 0 Å². The molecule has 2 rings (SSSR count). The molecule has 1 fully saturated rings. The molecule has 0 aromatic carbocycles. The molecule has 0 amide bonds. The van der Waals surface area contributed by atoms with Gasteiger partial charge in [-0.15, -0.1) is 0 Å². The SMILES string of the molecule is CC(C)NCC1CCN(CCCCn2ccnc2)C1. The lowest BCUT2D eigenvalue weighted by molar-refractivity contribution is 0.310. The molecule has 1 atom stereocenters. The molecule has 2 heterocycles. The zero-order chi connectivity index (χ0) is 13.5. The van der Waals surface area contributed by atoms with Crippen molar-refractivity contribution in [3.8, 4) is 0 Å². The van der Waals surface area contributed by atoms with Crippen LogP contribution in [0.3, 0.4) is 0 Å². The molecule has 1 aliphatic rings. The molecule has 0 radical (unpaired) electrons. The fourth-order valence-electron chi connectivity index (χ4n) is 2.73. The third-order valence-electron chi connectivity index (χ3n) is 3.88. The third kappa shape index (κ3) is 5.33. The summed E-state index contributed by atoms with van der Waals surface area (Å²) in [5.74, 6) is 0.857. The van der Waals surface area contributed by atoms with Crippen LogP contribution in [-0.2, 0) is 6.54 Å².